The monoisotopic (exact) mass is 299 g/mol. The van der Waals surface area contributed by atoms with Crippen LogP contribution in [0.5, 0.6) is 0 Å². The van der Waals surface area contributed by atoms with Crippen LogP contribution in [-0.2, 0) is 16.6 Å². The summed E-state index contributed by atoms with van der Waals surface area (Å²) in [6, 6.07) is 12.3. The van der Waals surface area contributed by atoms with E-state index in [-0.39, 0.29) is 0 Å². The van der Waals surface area contributed by atoms with E-state index in [4.69, 9.17) is 28.9 Å². The van der Waals surface area contributed by atoms with E-state index in [2.05, 4.69) is 0 Å². The lowest BCUT2D eigenvalue weighted by Crippen LogP contribution is -2.00. The molecule has 2 nitrogen and oxygen atoms in total. The summed E-state index contributed by atoms with van der Waals surface area (Å²) in [5.74, 6) is 0.381. The molecule has 0 amide bonds. The minimum Gasteiger partial charge on any atom is -0.398 e. The molecule has 0 fully saturated rings. The predicted molar refractivity (Wildman–Crippen MR) is 77.4 cm³/mol. The molecule has 1 atom stereocenters. The van der Waals surface area contributed by atoms with Gasteiger partial charge < -0.3 is 5.73 Å². The molecule has 0 aliphatic carbocycles. The number of rotatable bonds is 3. The van der Waals surface area contributed by atoms with Crippen LogP contribution in [0.2, 0.25) is 10.0 Å². The highest BCUT2D eigenvalue weighted by Gasteiger charge is 2.09. The van der Waals surface area contributed by atoms with Crippen molar-refractivity contribution in [3.05, 3.63) is 58.1 Å². The van der Waals surface area contributed by atoms with E-state index in [0.717, 1.165) is 5.56 Å². The van der Waals surface area contributed by atoms with Gasteiger partial charge in [0.15, 0.2) is 0 Å². The average molecular weight is 300 g/mol. The first-order valence-corrected chi connectivity index (χ1v) is 7.31. The second kappa shape index (κ2) is 5.74. The van der Waals surface area contributed by atoms with Gasteiger partial charge in [-0.05, 0) is 35.9 Å². The minimum absolute atomic E-state index is 0.381. The summed E-state index contributed by atoms with van der Waals surface area (Å²) in [5, 5.41) is 1.17. The summed E-state index contributed by atoms with van der Waals surface area (Å²) >= 11 is 11.7. The van der Waals surface area contributed by atoms with Gasteiger partial charge in [0.2, 0.25) is 0 Å². The molecule has 18 heavy (non-hydrogen) atoms. The molecular formula is C13H11Cl2NOS. The van der Waals surface area contributed by atoms with Crippen LogP contribution in [0.25, 0.3) is 0 Å². The molecule has 0 bridgehead atoms. The molecule has 0 saturated heterocycles. The molecule has 0 radical (unpaired) electrons. The fraction of sp³-hybridized carbons (Fsp3) is 0.0769. The lowest BCUT2D eigenvalue weighted by Gasteiger charge is -2.06. The maximum absolute atomic E-state index is 12.2. The Bertz CT molecular complexity index is 601. The average Bonchev–Trinajstić information content (AvgIpc) is 2.28. The van der Waals surface area contributed by atoms with Gasteiger partial charge in [-0.25, -0.2) is 0 Å². The Labute approximate surface area is 118 Å². The van der Waals surface area contributed by atoms with Crippen LogP contribution in [0, 0.1) is 0 Å². The summed E-state index contributed by atoms with van der Waals surface area (Å²) in [5.41, 5.74) is 7.16. The number of halogens is 2. The van der Waals surface area contributed by atoms with Crippen LogP contribution >= 0.6 is 23.2 Å². The molecule has 2 aromatic rings. The fourth-order valence-electron chi connectivity index (χ4n) is 1.58. The van der Waals surface area contributed by atoms with Crippen molar-refractivity contribution in [1.82, 2.24) is 0 Å². The van der Waals surface area contributed by atoms with E-state index < -0.39 is 10.8 Å². The number of hydrogen-bond donors (Lipinski definition) is 1. The third-order valence-corrected chi connectivity index (χ3v) is 4.33. The molecule has 0 aliphatic heterocycles. The second-order valence-corrected chi connectivity index (χ2v) is 6.09. The van der Waals surface area contributed by atoms with Gasteiger partial charge in [0, 0.05) is 15.7 Å². The van der Waals surface area contributed by atoms with Crippen molar-refractivity contribution in [2.45, 2.75) is 10.6 Å². The topological polar surface area (TPSA) is 43.1 Å². The van der Waals surface area contributed by atoms with Crippen molar-refractivity contribution in [3.8, 4) is 0 Å². The fourth-order valence-corrected chi connectivity index (χ4v) is 3.16. The molecular weight excluding hydrogens is 289 g/mol. The van der Waals surface area contributed by atoms with Crippen LogP contribution in [0.4, 0.5) is 5.69 Å². The summed E-state index contributed by atoms with van der Waals surface area (Å²) in [7, 11) is -1.20. The Morgan fingerprint density at radius 2 is 1.78 bits per heavy atom. The molecule has 0 aliphatic rings. The highest BCUT2D eigenvalue weighted by molar-refractivity contribution is 7.84. The number of nitrogens with two attached hydrogens (primary N) is 1. The number of anilines is 1. The summed E-state index contributed by atoms with van der Waals surface area (Å²) < 4.78 is 12.2. The van der Waals surface area contributed by atoms with E-state index in [1.807, 2.05) is 12.1 Å². The van der Waals surface area contributed by atoms with Gasteiger partial charge in [0.25, 0.3) is 0 Å². The van der Waals surface area contributed by atoms with Crippen LogP contribution in [-0.4, -0.2) is 4.21 Å². The first-order chi connectivity index (χ1) is 8.56. The Hall–Kier alpha value is -1.03. The maximum atomic E-state index is 12.2. The van der Waals surface area contributed by atoms with Crippen molar-refractivity contribution in [1.29, 1.82) is 0 Å². The molecule has 0 heterocycles. The Kier molecular flexibility index (Phi) is 4.27. The third-order valence-electron chi connectivity index (χ3n) is 2.40. The van der Waals surface area contributed by atoms with Crippen molar-refractivity contribution < 1.29 is 4.21 Å². The molecule has 0 spiro atoms. The molecule has 2 rings (SSSR count). The lowest BCUT2D eigenvalue weighted by molar-refractivity contribution is 0.683. The SMILES string of the molecule is Nc1cc(Cl)ccc1S(=O)Cc1cccc(Cl)c1. The van der Waals surface area contributed by atoms with Crippen molar-refractivity contribution in [3.63, 3.8) is 0 Å². The smallest absolute Gasteiger partial charge is 0.0621 e. The van der Waals surface area contributed by atoms with Gasteiger partial charge in [0.05, 0.1) is 21.4 Å². The normalized spacial score (nSPS) is 12.3. The highest BCUT2D eigenvalue weighted by Crippen LogP contribution is 2.23. The van der Waals surface area contributed by atoms with E-state index in [1.165, 1.54) is 0 Å². The van der Waals surface area contributed by atoms with E-state index >= 15 is 0 Å². The van der Waals surface area contributed by atoms with Gasteiger partial charge >= 0.3 is 0 Å². The highest BCUT2D eigenvalue weighted by atomic mass is 35.5. The quantitative estimate of drug-likeness (QED) is 0.874. The molecule has 1 unspecified atom stereocenters. The van der Waals surface area contributed by atoms with Crippen LogP contribution in [0.1, 0.15) is 5.56 Å². The Morgan fingerprint density at radius 1 is 1.06 bits per heavy atom. The van der Waals surface area contributed by atoms with E-state index in [1.54, 1.807) is 30.3 Å². The number of hydrogen-bond acceptors (Lipinski definition) is 2. The third kappa shape index (κ3) is 3.25. The molecule has 0 saturated carbocycles. The molecule has 0 aromatic heterocycles. The van der Waals surface area contributed by atoms with Gasteiger partial charge in [-0.15, -0.1) is 0 Å². The first kappa shape index (κ1) is 13.4. The van der Waals surface area contributed by atoms with Crippen molar-refractivity contribution in [2.75, 3.05) is 5.73 Å². The number of benzene rings is 2. The largest absolute Gasteiger partial charge is 0.398 e. The van der Waals surface area contributed by atoms with Crippen molar-refractivity contribution in [2.24, 2.45) is 0 Å². The Balaban J connectivity index is 2.22. The van der Waals surface area contributed by atoms with Gasteiger partial charge in [0.1, 0.15) is 0 Å². The summed E-state index contributed by atoms with van der Waals surface area (Å²) in [4.78, 5) is 0.597. The lowest BCUT2D eigenvalue weighted by atomic mass is 10.2. The number of nitrogen functional groups attached to an aromatic ring is 1. The van der Waals surface area contributed by atoms with Gasteiger partial charge in [-0.2, -0.15) is 0 Å². The zero-order valence-corrected chi connectivity index (χ0v) is 11.7. The zero-order valence-electron chi connectivity index (χ0n) is 9.40. The van der Waals surface area contributed by atoms with Crippen molar-refractivity contribution >= 4 is 39.7 Å². The molecule has 94 valence electrons. The molecule has 2 aromatic carbocycles. The van der Waals surface area contributed by atoms with Crippen LogP contribution in [0.15, 0.2) is 47.4 Å². The standard InChI is InChI=1S/C13H11Cl2NOS/c14-10-3-1-2-9(6-10)8-18(17)13-5-4-11(15)7-12(13)16/h1-7H,8,16H2. The molecule has 5 heteroatoms. The molecule has 2 N–H and O–H groups in total. The van der Waals surface area contributed by atoms with Gasteiger partial charge in [-0.1, -0.05) is 35.3 Å². The van der Waals surface area contributed by atoms with Gasteiger partial charge in [-0.3, -0.25) is 4.21 Å². The Morgan fingerprint density at radius 3 is 2.44 bits per heavy atom. The van der Waals surface area contributed by atoms with Crippen LogP contribution in [0.3, 0.4) is 0 Å². The van der Waals surface area contributed by atoms with E-state index in [0.29, 0.717) is 26.4 Å². The first-order valence-electron chi connectivity index (χ1n) is 5.24. The maximum Gasteiger partial charge on any atom is 0.0621 e. The summed E-state index contributed by atoms with van der Waals surface area (Å²) in [6.45, 7) is 0. The zero-order chi connectivity index (χ0) is 13.1. The van der Waals surface area contributed by atoms with E-state index in [9.17, 15) is 4.21 Å². The summed E-state index contributed by atoms with van der Waals surface area (Å²) in [6.07, 6.45) is 0. The van der Waals surface area contributed by atoms with Crippen LogP contribution < -0.4 is 5.73 Å². The minimum atomic E-state index is -1.20. The predicted octanol–water partition coefficient (Wildman–Crippen LogP) is 3.88. The second-order valence-electron chi connectivity index (χ2n) is 3.80.